The predicted octanol–water partition coefficient (Wildman–Crippen LogP) is 6.55. The summed E-state index contributed by atoms with van der Waals surface area (Å²) in [4.78, 5) is 15.5. The molecule has 0 unspecified atom stereocenters. The first-order chi connectivity index (χ1) is 13.7. The molecule has 0 aliphatic heterocycles. The maximum atomic E-state index is 4.85. The van der Waals surface area contributed by atoms with Gasteiger partial charge in [-0.15, -0.1) is 0 Å². The highest BCUT2D eigenvalue weighted by Gasteiger charge is 2.18. The molecule has 0 fully saturated rings. The van der Waals surface area contributed by atoms with Crippen molar-refractivity contribution >= 4 is 33.6 Å². The van der Waals surface area contributed by atoms with Crippen molar-refractivity contribution in [2.24, 2.45) is 0 Å². The molecule has 0 aliphatic rings. The summed E-state index contributed by atoms with van der Waals surface area (Å²) in [6.07, 6.45) is 0. The molecule has 0 spiro atoms. The van der Waals surface area contributed by atoms with Crippen molar-refractivity contribution in [1.29, 1.82) is 0 Å². The Bertz CT molecular complexity index is 1310. The van der Waals surface area contributed by atoms with E-state index in [0.29, 0.717) is 0 Å². The summed E-state index contributed by atoms with van der Waals surface area (Å²) in [5, 5.41) is 2.29. The van der Waals surface area contributed by atoms with Crippen LogP contribution in [-0.2, 0) is 0 Å². The summed E-state index contributed by atoms with van der Waals surface area (Å²) in [6.45, 7) is 4.06. The number of para-hydroxylation sites is 1. The van der Waals surface area contributed by atoms with Gasteiger partial charge in [0.1, 0.15) is 5.82 Å². The summed E-state index contributed by atoms with van der Waals surface area (Å²) in [6, 6.07) is 25.3. The number of aromatic nitrogens is 3. The smallest absolute Gasteiger partial charge is 0.126 e. The average molecular weight is 382 g/mol. The molecule has 136 valence electrons. The molecule has 0 atom stereocenters. The van der Waals surface area contributed by atoms with E-state index in [1.165, 1.54) is 20.7 Å². The van der Waals surface area contributed by atoms with Gasteiger partial charge in [0.25, 0.3) is 0 Å². The fraction of sp³-hybridized carbons (Fsp3) is 0.0833. The van der Waals surface area contributed by atoms with E-state index in [1.54, 1.807) is 11.8 Å². The van der Waals surface area contributed by atoms with Gasteiger partial charge in [0.15, 0.2) is 0 Å². The van der Waals surface area contributed by atoms with Gasteiger partial charge in [-0.1, -0.05) is 59.8 Å². The number of rotatable bonds is 3. The molecule has 0 saturated heterocycles. The van der Waals surface area contributed by atoms with E-state index in [2.05, 4.69) is 83.6 Å². The van der Waals surface area contributed by atoms with Gasteiger partial charge in [-0.3, -0.25) is 0 Å². The Morgan fingerprint density at radius 3 is 2.43 bits per heavy atom. The summed E-state index contributed by atoms with van der Waals surface area (Å²) in [7, 11) is 0. The van der Waals surface area contributed by atoms with Crippen LogP contribution in [0.25, 0.3) is 33.2 Å². The monoisotopic (exact) mass is 381 g/mol. The van der Waals surface area contributed by atoms with Crippen LogP contribution in [0, 0.1) is 13.8 Å². The van der Waals surface area contributed by atoms with Gasteiger partial charge in [0.05, 0.1) is 16.9 Å². The van der Waals surface area contributed by atoms with Crippen LogP contribution >= 0.6 is 11.8 Å². The lowest BCUT2D eigenvalue weighted by molar-refractivity contribution is 1.09. The van der Waals surface area contributed by atoms with Crippen molar-refractivity contribution < 1.29 is 0 Å². The molecule has 0 amide bonds. The first-order valence-corrected chi connectivity index (χ1v) is 10.1. The fourth-order valence-corrected chi connectivity index (χ4v) is 4.61. The van der Waals surface area contributed by atoms with Crippen molar-refractivity contribution in [2.45, 2.75) is 23.6 Å². The third-order valence-electron chi connectivity index (χ3n) is 4.82. The Balaban J connectivity index is 1.81. The molecule has 0 bridgehead atoms. The van der Waals surface area contributed by atoms with Crippen LogP contribution in [0.4, 0.5) is 0 Å². The van der Waals surface area contributed by atoms with Gasteiger partial charge in [0, 0.05) is 26.1 Å². The molecule has 3 aromatic carbocycles. The molecule has 3 nitrogen and oxygen atoms in total. The molecular formula is C24H19N3S. The third kappa shape index (κ3) is 2.96. The molecular weight excluding hydrogens is 362 g/mol. The van der Waals surface area contributed by atoms with Gasteiger partial charge >= 0.3 is 0 Å². The zero-order valence-corrected chi connectivity index (χ0v) is 16.5. The zero-order chi connectivity index (χ0) is 19.1. The lowest BCUT2D eigenvalue weighted by atomic mass is 10.1. The Kier molecular flexibility index (Phi) is 4.14. The van der Waals surface area contributed by atoms with Crippen molar-refractivity contribution in [3.05, 3.63) is 84.2 Å². The standard InChI is InChI=1S/C24H19N3S/c1-15-12-13-21-19(14-15)22(26-16(2)25-21)23-24(28-17-8-4-3-5-9-17)18-10-6-7-11-20(18)27-23/h3-14,27H,1-2H3. The number of nitrogens with zero attached hydrogens (tertiary/aromatic N) is 2. The van der Waals surface area contributed by atoms with E-state index in [4.69, 9.17) is 4.98 Å². The molecule has 0 radical (unpaired) electrons. The van der Waals surface area contributed by atoms with Gasteiger partial charge in [-0.2, -0.15) is 0 Å². The molecule has 2 heterocycles. The van der Waals surface area contributed by atoms with Crippen LogP contribution in [0.5, 0.6) is 0 Å². The summed E-state index contributed by atoms with van der Waals surface area (Å²) >= 11 is 1.77. The quantitative estimate of drug-likeness (QED) is 0.385. The van der Waals surface area contributed by atoms with Gasteiger partial charge in [-0.25, -0.2) is 9.97 Å². The minimum absolute atomic E-state index is 0.778. The largest absolute Gasteiger partial charge is 0.352 e. The van der Waals surface area contributed by atoms with Crippen LogP contribution in [-0.4, -0.2) is 15.0 Å². The third-order valence-corrected chi connectivity index (χ3v) is 5.96. The zero-order valence-electron chi connectivity index (χ0n) is 15.7. The van der Waals surface area contributed by atoms with E-state index in [0.717, 1.165) is 33.6 Å². The molecule has 2 aromatic heterocycles. The summed E-state index contributed by atoms with van der Waals surface area (Å²) < 4.78 is 0. The fourth-order valence-electron chi connectivity index (χ4n) is 3.54. The highest BCUT2D eigenvalue weighted by atomic mass is 32.2. The van der Waals surface area contributed by atoms with Crippen molar-refractivity contribution in [1.82, 2.24) is 15.0 Å². The lowest BCUT2D eigenvalue weighted by Crippen LogP contribution is -1.95. The van der Waals surface area contributed by atoms with Crippen molar-refractivity contribution in [3.8, 4) is 11.4 Å². The number of aromatic amines is 1. The Morgan fingerprint density at radius 1 is 0.786 bits per heavy atom. The van der Waals surface area contributed by atoms with Gasteiger partial charge in [0.2, 0.25) is 0 Å². The highest BCUT2D eigenvalue weighted by Crippen LogP contribution is 2.42. The second-order valence-corrected chi connectivity index (χ2v) is 8.01. The predicted molar refractivity (Wildman–Crippen MR) is 117 cm³/mol. The number of hydrogen-bond donors (Lipinski definition) is 1. The SMILES string of the molecule is Cc1ccc2nc(C)nc(-c3[nH]c4ccccc4c3Sc3ccccc3)c2c1. The van der Waals surface area contributed by atoms with Crippen molar-refractivity contribution in [3.63, 3.8) is 0 Å². The first kappa shape index (κ1) is 17.0. The summed E-state index contributed by atoms with van der Waals surface area (Å²) in [5.74, 6) is 0.778. The highest BCUT2D eigenvalue weighted by molar-refractivity contribution is 7.99. The second-order valence-electron chi connectivity index (χ2n) is 6.93. The van der Waals surface area contributed by atoms with E-state index in [-0.39, 0.29) is 0 Å². The minimum atomic E-state index is 0.778. The molecule has 0 saturated carbocycles. The minimum Gasteiger partial charge on any atom is -0.352 e. The molecule has 5 aromatic rings. The van der Waals surface area contributed by atoms with Crippen LogP contribution in [0.3, 0.4) is 0 Å². The summed E-state index contributed by atoms with van der Waals surface area (Å²) in [5.41, 5.74) is 5.31. The van der Waals surface area contributed by atoms with Gasteiger partial charge < -0.3 is 4.98 Å². The maximum absolute atomic E-state index is 4.85. The average Bonchev–Trinajstić information content (AvgIpc) is 3.07. The number of nitrogens with one attached hydrogen (secondary N) is 1. The van der Waals surface area contributed by atoms with E-state index in [1.807, 2.05) is 13.0 Å². The van der Waals surface area contributed by atoms with Crippen LogP contribution < -0.4 is 0 Å². The molecule has 0 aliphatic carbocycles. The number of fused-ring (bicyclic) bond motifs is 2. The molecule has 5 rings (SSSR count). The number of hydrogen-bond acceptors (Lipinski definition) is 3. The molecule has 1 N–H and O–H groups in total. The van der Waals surface area contributed by atoms with E-state index >= 15 is 0 Å². The number of aryl methyl sites for hydroxylation is 2. The number of H-pyrrole nitrogens is 1. The van der Waals surface area contributed by atoms with Crippen LogP contribution in [0.1, 0.15) is 11.4 Å². The number of benzene rings is 3. The lowest BCUT2D eigenvalue weighted by Gasteiger charge is -2.09. The normalized spacial score (nSPS) is 11.4. The Morgan fingerprint density at radius 2 is 1.57 bits per heavy atom. The van der Waals surface area contributed by atoms with E-state index < -0.39 is 0 Å². The maximum Gasteiger partial charge on any atom is 0.126 e. The van der Waals surface area contributed by atoms with Crippen LogP contribution in [0.15, 0.2) is 82.6 Å². The topological polar surface area (TPSA) is 41.6 Å². The van der Waals surface area contributed by atoms with Crippen molar-refractivity contribution in [2.75, 3.05) is 0 Å². The van der Waals surface area contributed by atoms with E-state index in [9.17, 15) is 0 Å². The Labute approximate surface area is 167 Å². The van der Waals surface area contributed by atoms with Gasteiger partial charge in [-0.05, 0) is 44.2 Å². The molecule has 28 heavy (non-hydrogen) atoms. The second kappa shape index (κ2) is 6.80. The first-order valence-electron chi connectivity index (χ1n) is 9.28. The van der Waals surface area contributed by atoms with Crippen LogP contribution in [0.2, 0.25) is 0 Å². The molecule has 4 heteroatoms. The Hall–Kier alpha value is -3.11.